The van der Waals surface area contributed by atoms with Crippen molar-refractivity contribution in [3.05, 3.63) is 12.7 Å². The normalized spacial score (nSPS) is 16.2. The molecule has 0 aliphatic rings. The number of aldehydes is 1. The fraction of sp³-hybridized carbons (Fsp3) is 0.793. The number of halogens is 2. The maximum absolute atomic E-state index is 11.8. The van der Waals surface area contributed by atoms with Gasteiger partial charge < -0.3 is 20.3 Å². The summed E-state index contributed by atoms with van der Waals surface area (Å²) in [7, 11) is -4.08. The summed E-state index contributed by atoms with van der Waals surface area (Å²) >= 11 is 12.1. The van der Waals surface area contributed by atoms with E-state index in [1.165, 1.54) is 6.92 Å². The van der Waals surface area contributed by atoms with E-state index in [4.69, 9.17) is 38.0 Å². The predicted molar refractivity (Wildman–Crippen MR) is 167 cm³/mol. The highest BCUT2D eigenvalue weighted by molar-refractivity contribution is 7.85. The van der Waals surface area contributed by atoms with E-state index in [-0.39, 0.29) is 47.7 Å². The molecule has 42 heavy (non-hydrogen) atoms. The van der Waals surface area contributed by atoms with E-state index in [9.17, 15) is 27.6 Å². The van der Waals surface area contributed by atoms with Crippen molar-refractivity contribution in [3.63, 3.8) is 0 Å². The Kier molecular flexibility index (Phi) is 17.9. The van der Waals surface area contributed by atoms with Crippen molar-refractivity contribution in [1.82, 2.24) is 5.32 Å². The highest BCUT2D eigenvalue weighted by atomic mass is 35.5. The highest BCUT2D eigenvalue weighted by Crippen LogP contribution is 2.42. The minimum absolute atomic E-state index is 0.0476. The second-order valence-electron chi connectivity index (χ2n) is 12.8. The van der Waals surface area contributed by atoms with E-state index < -0.39 is 43.8 Å². The fourth-order valence-electron chi connectivity index (χ4n) is 4.79. The summed E-state index contributed by atoms with van der Waals surface area (Å²) in [4.78, 5) is 44.5. The van der Waals surface area contributed by atoms with Crippen molar-refractivity contribution < 1.29 is 42.4 Å². The van der Waals surface area contributed by atoms with Crippen LogP contribution in [0.5, 0.6) is 0 Å². The molecule has 0 bridgehead atoms. The lowest BCUT2D eigenvalue weighted by Crippen LogP contribution is -2.52. The predicted octanol–water partition coefficient (Wildman–Crippen LogP) is 5.95. The largest absolute Gasteiger partial charge is 0.481 e. The molecule has 246 valence electrons. The summed E-state index contributed by atoms with van der Waals surface area (Å²) in [5, 5.41) is 21.2. The second-order valence-corrected chi connectivity index (χ2v) is 15.9. The molecule has 4 N–H and O–H groups in total. The molecule has 0 aromatic heterocycles. The van der Waals surface area contributed by atoms with E-state index in [0.29, 0.717) is 12.8 Å². The number of Topliss-reactive ketones (excluding diaryl/α,β-unsaturated/α-hetero) is 1. The number of rotatable bonds is 20. The van der Waals surface area contributed by atoms with Gasteiger partial charge in [0.05, 0.1) is 17.6 Å². The van der Waals surface area contributed by atoms with Crippen LogP contribution in [0.1, 0.15) is 100 Å². The van der Waals surface area contributed by atoms with Crippen molar-refractivity contribution >= 4 is 57.3 Å². The molecule has 0 heterocycles. The zero-order chi connectivity index (χ0) is 33.7. The molecule has 0 saturated carbocycles. The van der Waals surface area contributed by atoms with Gasteiger partial charge in [0.2, 0.25) is 0 Å². The first-order valence-electron chi connectivity index (χ1n) is 13.9. The summed E-state index contributed by atoms with van der Waals surface area (Å²) in [6.45, 7) is 18.1. The topological polar surface area (TPSA) is 175 Å². The van der Waals surface area contributed by atoms with Gasteiger partial charge in [0, 0.05) is 23.4 Å². The summed E-state index contributed by atoms with van der Waals surface area (Å²) in [5.41, 5.74) is -2.50. The van der Waals surface area contributed by atoms with Crippen LogP contribution in [0, 0.1) is 22.7 Å². The van der Waals surface area contributed by atoms with Crippen LogP contribution in [0.3, 0.4) is 0 Å². The number of allylic oxidation sites excluding steroid dienone is 1. The SMILES string of the molecule is C=CC(C)(C)CC(CC(CC)C(C)=O)NC(C)(C)CS(=O)(=O)O.CCC(C=O)CC(Cl)(Cl)CC(C)(CC(=O)O)C(=O)O. The zero-order valence-corrected chi connectivity index (χ0v) is 28.5. The van der Waals surface area contributed by atoms with Crippen LogP contribution in [-0.2, 0) is 29.3 Å². The van der Waals surface area contributed by atoms with Gasteiger partial charge >= 0.3 is 11.9 Å². The van der Waals surface area contributed by atoms with Crippen LogP contribution in [0.25, 0.3) is 0 Å². The molecule has 0 saturated heterocycles. The third-order valence-corrected chi connectivity index (χ3v) is 8.75. The average Bonchev–Trinajstić information content (AvgIpc) is 2.77. The lowest BCUT2D eigenvalue weighted by atomic mass is 9.80. The maximum Gasteiger partial charge on any atom is 0.310 e. The van der Waals surface area contributed by atoms with Crippen molar-refractivity contribution in [2.24, 2.45) is 22.7 Å². The smallest absolute Gasteiger partial charge is 0.310 e. The van der Waals surface area contributed by atoms with Gasteiger partial charge in [-0.15, -0.1) is 29.8 Å². The zero-order valence-electron chi connectivity index (χ0n) is 26.2. The molecular weight excluding hydrogens is 609 g/mol. The lowest BCUT2D eigenvalue weighted by Gasteiger charge is -2.36. The molecule has 0 radical (unpaired) electrons. The Labute approximate surface area is 261 Å². The molecule has 13 heteroatoms. The maximum atomic E-state index is 11.8. The number of hydrogen-bond donors (Lipinski definition) is 4. The summed E-state index contributed by atoms with van der Waals surface area (Å²) in [6, 6.07) is -0.0476. The van der Waals surface area contributed by atoms with Gasteiger partial charge in [-0.2, -0.15) is 8.42 Å². The quantitative estimate of drug-likeness (QED) is 0.0529. The Balaban J connectivity index is 0. The third kappa shape index (κ3) is 18.9. The van der Waals surface area contributed by atoms with Gasteiger partial charge in [-0.1, -0.05) is 33.8 Å². The Bertz CT molecular complexity index is 1030. The monoisotopic (exact) mass is 659 g/mol. The van der Waals surface area contributed by atoms with E-state index in [2.05, 4.69) is 25.7 Å². The first kappa shape index (κ1) is 42.6. The molecule has 4 atom stereocenters. The number of carboxylic acid groups (broad SMARTS) is 2. The van der Waals surface area contributed by atoms with Gasteiger partial charge in [-0.05, 0) is 71.6 Å². The van der Waals surface area contributed by atoms with Crippen molar-refractivity contribution in [1.29, 1.82) is 0 Å². The number of ketones is 1. The van der Waals surface area contributed by atoms with Crippen LogP contribution in [0.4, 0.5) is 0 Å². The number of alkyl halides is 2. The summed E-state index contributed by atoms with van der Waals surface area (Å²) in [5.74, 6) is -3.19. The number of carbonyl (C=O) groups is 4. The molecule has 0 aromatic rings. The Morgan fingerprint density at radius 3 is 1.86 bits per heavy atom. The third-order valence-electron chi connectivity index (χ3n) is 7.08. The molecule has 0 fully saturated rings. The van der Waals surface area contributed by atoms with Gasteiger partial charge in [-0.3, -0.25) is 18.9 Å². The van der Waals surface area contributed by atoms with E-state index >= 15 is 0 Å². The first-order chi connectivity index (χ1) is 18.8. The van der Waals surface area contributed by atoms with Crippen LogP contribution in [0.2, 0.25) is 0 Å². The average molecular weight is 661 g/mol. The second kappa shape index (κ2) is 17.7. The van der Waals surface area contributed by atoms with E-state index in [1.54, 1.807) is 27.7 Å². The number of aliphatic carboxylic acids is 2. The molecule has 0 spiro atoms. The van der Waals surface area contributed by atoms with Crippen molar-refractivity contribution in [2.75, 3.05) is 5.75 Å². The molecule has 0 aliphatic carbocycles. The number of hydrogen-bond acceptors (Lipinski definition) is 7. The molecule has 0 rings (SSSR count). The van der Waals surface area contributed by atoms with Crippen LogP contribution in [0.15, 0.2) is 12.7 Å². The number of carboxylic acids is 2. The lowest BCUT2D eigenvalue weighted by molar-refractivity contribution is -0.155. The molecule has 0 amide bonds. The molecule has 10 nitrogen and oxygen atoms in total. The van der Waals surface area contributed by atoms with Gasteiger partial charge in [0.25, 0.3) is 10.1 Å². The minimum Gasteiger partial charge on any atom is -0.481 e. The van der Waals surface area contributed by atoms with Gasteiger partial charge in [-0.25, -0.2) is 0 Å². The Hall–Kier alpha value is -1.53. The Morgan fingerprint density at radius 1 is 1.00 bits per heavy atom. The molecular formula is C29H51Cl2NO9S. The van der Waals surface area contributed by atoms with Crippen molar-refractivity contribution in [2.45, 2.75) is 116 Å². The molecule has 0 aliphatic heterocycles. The van der Waals surface area contributed by atoms with E-state index in [0.717, 1.165) is 19.1 Å². The molecule has 0 aromatic carbocycles. The number of nitrogens with one attached hydrogen (secondary N) is 1. The van der Waals surface area contributed by atoms with Gasteiger partial charge in [0.1, 0.15) is 16.4 Å². The molecule has 4 unspecified atom stereocenters. The fourth-order valence-corrected chi connectivity index (χ4v) is 6.77. The van der Waals surface area contributed by atoms with Crippen molar-refractivity contribution in [3.8, 4) is 0 Å². The highest BCUT2D eigenvalue weighted by Gasteiger charge is 2.44. The first-order valence-corrected chi connectivity index (χ1v) is 16.3. The number of carbonyl (C=O) groups excluding carboxylic acids is 2. The van der Waals surface area contributed by atoms with Crippen LogP contribution < -0.4 is 5.32 Å². The summed E-state index contributed by atoms with van der Waals surface area (Å²) < 4.78 is 30.1. The van der Waals surface area contributed by atoms with Gasteiger partial charge in [0.15, 0.2) is 0 Å². The van der Waals surface area contributed by atoms with E-state index in [1.807, 2.05) is 13.0 Å². The Morgan fingerprint density at radius 2 is 1.52 bits per heavy atom. The van der Waals surface area contributed by atoms with Crippen LogP contribution in [-0.4, -0.2) is 68.9 Å². The standard InChI is InChI=1S/C17H33NO4S.C12H18Cl2O5/c1-8-14(13(3)19)10-15(11-16(4,5)9-2)18-17(6,7)12-23(20,21)22;1-3-8(6-15)4-12(13,14)7-11(2,10(18)19)5-9(16)17/h9,14-15,18H,2,8,10-12H2,1,3-7H3,(H,20,21,22);6,8H,3-5,7H2,1-2H3,(H,16,17)(H,18,19). The van der Waals surface area contributed by atoms with Crippen LogP contribution >= 0.6 is 23.2 Å². The minimum atomic E-state index is -4.08. The summed E-state index contributed by atoms with van der Waals surface area (Å²) in [6.07, 6.45) is 4.51.